The van der Waals surface area contributed by atoms with Crippen LogP contribution in [0.25, 0.3) is 0 Å². The van der Waals surface area contributed by atoms with Gasteiger partial charge in [-0.15, -0.1) is 10.2 Å². The van der Waals surface area contributed by atoms with Crippen molar-refractivity contribution in [3.63, 3.8) is 0 Å². The molecular formula is C26H30ClN5O6S. The highest BCUT2D eigenvalue weighted by Crippen LogP contribution is 2.27. The minimum absolute atomic E-state index is 0.0500. The number of nitrogens with one attached hydrogen (secondary N) is 2. The van der Waals surface area contributed by atoms with E-state index >= 15 is 0 Å². The number of benzene rings is 2. The molecule has 2 amide bonds. The molecule has 11 nitrogen and oxygen atoms in total. The van der Waals surface area contributed by atoms with E-state index in [1.54, 1.807) is 24.3 Å². The van der Waals surface area contributed by atoms with Gasteiger partial charge in [-0.3, -0.25) is 9.59 Å². The van der Waals surface area contributed by atoms with Crippen LogP contribution in [0.4, 0.5) is 5.69 Å². The molecule has 0 unspecified atom stereocenters. The second-order valence-corrected chi connectivity index (χ2v) is 9.41. The smallest absolute Gasteiger partial charge is 0.339 e. The molecule has 3 rings (SSSR count). The lowest BCUT2D eigenvalue weighted by Gasteiger charge is -2.11. The van der Waals surface area contributed by atoms with Gasteiger partial charge in [-0.2, -0.15) is 0 Å². The molecule has 1 aromatic heterocycles. The number of hydrogen-bond donors (Lipinski definition) is 2. The second-order valence-electron chi connectivity index (χ2n) is 8.06. The van der Waals surface area contributed by atoms with Crippen molar-refractivity contribution in [2.45, 2.75) is 38.5 Å². The molecule has 0 aliphatic carbocycles. The maximum Gasteiger partial charge on any atom is 0.339 e. The van der Waals surface area contributed by atoms with Crippen LogP contribution in [0.15, 0.2) is 41.6 Å². The van der Waals surface area contributed by atoms with Crippen LogP contribution in [0, 0.1) is 0 Å². The van der Waals surface area contributed by atoms with Gasteiger partial charge in [-0.05, 0) is 49.7 Å². The normalized spacial score (nSPS) is 10.6. The quantitative estimate of drug-likeness (QED) is 0.227. The van der Waals surface area contributed by atoms with Crippen LogP contribution in [0.3, 0.4) is 0 Å². The highest BCUT2D eigenvalue weighted by molar-refractivity contribution is 7.99. The number of methoxy groups -OCH3 is 2. The molecule has 0 radical (unpaired) electrons. The molecule has 0 fully saturated rings. The summed E-state index contributed by atoms with van der Waals surface area (Å²) in [6, 6.07) is 9.51. The van der Waals surface area contributed by atoms with Crippen molar-refractivity contribution < 1.29 is 28.6 Å². The lowest BCUT2D eigenvalue weighted by Crippen LogP contribution is -2.25. The first-order chi connectivity index (χ1) is 18.8. The first-order valence-corrected chi connectivity index (χ1v) is 13.5. The summed E-state index contributed by atoms with van der Waals surface area (Å²) in [5.74, 6) is 0.409. The van der Waals surface area contributed by atoms with Crippen LogP contribution in [0.2, 0.25) is 5.02 Å². The van der Waals surface area contributed by atoms with Gasteiger partial charge in [-0.25, -0.2) is 4.79 Å². The minimum Gasteiger partial charge on any atom is -0.493 e. The SMILES string of the molecule is CCCOC(=O)c1cc(NC(=O)CSc2nnc(CNC(=O)c3ccc(OC)c(OC)c3)n2CC)ccc1Cl. The maximum atomic E-state index is 12.7. The number of anilines is 1. The number of carbonyl (C=O) groups is 3. The van der Waals surface area contributed by atoms with E-state index in [1.807, 2.05) is 18.4 Å². The third kappa shape index (κ3) is 7.87. The van der Waals surface area contributed by atoms with Gasteiger partial charge in [0, 0.05) is 17.8 Å². The van der Waals surface area contributed by atoms with Crippen molar-refractivity contribution >= 4 is 46.8 Å². The number of nitrogens with zero attached hydrogens (tertiary/aromatic N) is 3. The molecule has 2 aromatic carbocycles. The van der Waals surface area contributed by atoms with Crippen molar-refractivity contribution in [1.82, 2.24) is 20.1 Å². The zero-order chi connectivity index (χ0) is 28.4. The van der Waals surface area contributed by atoms with E-state index in [1.165, 1.54) is 38.1 Å². The Balaban J connectivity index is 1.58. The van der Waals surface area contributed by atoms with Crippen LogP contribution in [-0.4, -0.2) is 59.1 Å². The highest BCUT2D eigenvalue weighted by atomic mass is 35.5. The van der Waals surface area contributed by atoms with Gasteiger partial charge < -0.3 is 29.4 Å². The molecule has 0 atom stereocenters. The van der Waals surface area contributed by atoms with E-state index in [-0.39, 0.29) is 41.3 Å². The van der Waals surface area contributed by atoms with E-state index in [9.17, 15) is 14.4 Å². The summed E-state index contributed by atoms with van der Waals surface area (Å²) < 4.78 is 17.4. The third-order valence-corrected chi connectivity index (χ3v) is 6.70. The zero-order valence-corrected chi connectivity index (χ0v) is 23.6. The van der Waals surface area contributed by atoms with Gasteiger partial charge in [0.1, 0.15) is 0 Å². The van der Waals surface area contributed by atoms with Crippen molar-refractivity contribution in [2.24, 2.45) is 0 Å². The van der Waals surface area contributed by atoms with E-state index in [0.29, 0.717) is 46.7 Å². The second kappa shape index (κ2) is 14.4. The molecule has 2 N–H and O–H groups in total. The predicted octanol–water partition coefficient (Wildman–Crippen LogP) is 4.20. The zero-order valence-electron chi connectivity index (χ0n) is 22.1. The van der Waals surface area contributed by atoms with Crippen molar-refractivity contribution in [3.8, 4) is 11.5 Å². The fourth-order valence-corrected chi connectivity index (χ4v) is 4.49. The number of halogens is 1. The summed E-state index contributed by atoms with van der Waals surface area (Å²) in [5.41, 5.74) is 1.01. The summed E-state index contributed by atoms with van der Waals surface area (Å²) in [5, 5.41) is 14.7. The predicted molar refractivity (Wildman–Crippen MR) is 148 cm³/mol. The number of hydrogen-bond acceptors (Lipinski definition) is 9. The molecule has 0 saturated carbocycles. The van der Waals surface area contributed by atoms with Gasteiger partial charge in [-0.1, -0.05) is 30.3 Å². The van der Waals surface area contributed by atoms with Crippen LogP contribution in [0.5, 0.6) is 11.5 Å². The molecule has 1 heterocycles. The van der Waals surface area contributed by atoms with E-state index in [4.69, 9.17) is 25.8 Å². The Hall–Kier alpha value is -3.77. The highest BCUT2D eigenvalue weighted by Gasteiger charge is 2.17. The Morgan fingerprint density at radius 1 is 1.03 bits per heavy atom. The number of ether oxygens (including phenoxy) is 3. The van der Waals surface area contributed by atoms with E-state index < -0.39 is 5.97 Å². The molecule has 0 spiro atoms. The minimum atomic E-state index is -0.547. The summed E-state index contributed by atoms with van der Waals surface area (Å²) >= 11 is 7.32. The van der Waals surface area contributed by atoms with Crippen LogP contribution in [0.1, 0.15) is 46.8 Å². The van der Waals surface area contributed by atoms with Crippen molar-refractivity contribution in [3.05, 3.63) is 58.4 Å². The van der Waals surface area contributed by atoms with Crippen molar-refractivity contribution in [2.75, 3.05) is 31.9 Å². The van der Waals surface area contributed by atoms with Gasteiger partial charge in [0.05, 0.1) is 43.7 Å². The average Bonchev–Trinajstić information content (AvgIpc) is 3.35. The number of aromatic nitrogens is 3. The van der Waals surface area contributed by atoms with Gasteiger partial charge in [0.2, 0.25) is 5.91 Å². The molecule has 39 heavy (non-hydrogen) atoms. The van der Waals surface area contributed by atoms with E-state index in [0.717, 1.165) is 0 Å². The first kappa shape index (κ1) is 29.8. The fourth-order valence-electron chi connectivity index (χ4n) is 3.47. The number of thioether (sulfide) groups is 1. The summed E-state index contributed by atoms with van der Waals surface area (Å²) in [4.78, 5) is 37.4. The lowest BCUT2D eigenvalue weighted by atomic mass is 10.2. The molecule has 208 valence electrons. The Kier molecular flexibility index (Phi) is 11.0. The van der Waals surface area contributed by atoms with Crippen LogP contribution < -0.4 is 20.1 Å². The molecular weight excluding hydrogens is 546 g/mol. The molecule has 0 bridgehead atoms. The number of carbonyl (C=O) groups excluding carboxylic acids is 3. The number of rotatable bonds is 13. The van der Waals surface area contributed by atoms with Crippen LogP contribution in [-0.2, 0) is 22.6 Å². The van der Waals surface area contributed by atoms with Crippen molar-refractivity contribution in [1.29, 1.82) is 0 Å². The van der Waals surface area contributed by atoms with Gasteiger partial charge in [0.25, 0.3) is 5.91 Å². The number of amides is 2. The molecule has 3 aromatic rings. The van der Waals surface area contributed by atoms with E-state index in [2.05, 4.69) is 20.8 Å². The van der Waals surface area contributed by atoms with Gasteiger partial charge >= 0.3 is 5.97 Å². The summed E-state index contributed by atoms with van der Waals surface area (Å²) in [6.07, 6.45) is 0.686. The summed E-state index contributed by atoms with van der Waals surface area (Å²) in [6.45, 7) is 4.77. The third-order valence-electron chi connectivity index (χ3n) is 5.40. The maximum absolute atomic E-state index is 12.7. The lowest BCUT2D eigenvalue weighted by molar-refractivity contribution is -0.113. The number of esters is 1. The Morgan fingerprint density at radius 2 is 1.79 bits per heavy atom. The molecule has 0 saturated heterocycles. The first-order valence-electron chi connectivity index (χ1n) is 12.1. The largest absolute Gasteiger partial charge is 0.493 e. The Morgan fingerprint density at radius 3 is 2.49 bits per heavy atom. The van der Waals surface area contributed by atoms with Crippen LogP contribution >= 0.6 is 23.4 Å². The standard InChI is InChI=1S/C26H30ClN5O6S/c1-5-11-38-25(35)18-13-17(8-9-19(18)27)29-23(33)15-39-26-31-30-22(32(26)6-2)14-28-24(34)16-7-10-20(36-3)21(12-16)37-4/h7-10,12-13H,5-6,11,14-15H2,1-4H3,(H,28,34)(H,29,33). The fraction of sp³-hybridized carbons (Fsp3) is 0.346. The Bertz CT molecular complexity index is 1330. The molecule has 13 heteroatoms. The average molecular weight is 576 g/mol. The van der Waals surface area contributed by atoms with Gasteiger partial charge in [0.15, 0.2) is 22.5 Å². The monoisotopic (exact) mass is 575 g/mol. The topological polar surface area (TPSA) is 134 Å². The Labute approximate surface area is 235 Å². The summed E-state index contributed by atoms with van der Waals surface area (Å²) in [7, 11) is 3.02. The molecule has 0 aliphatic heterocycles. The molecule has 0 aliphatic rings.